The summed E-state index contributed by atoms with van der Waals surface area (Å²) in [5.41, 5.74) is 0.409. The molecular formula is C19H23F3N6O. The van der Waals surface area contributed by atoms with Gasteiger partial charge in [0.25, 0.3) is 5.91 Å². The number of hydrogen-bond acceptors (Lipinski definition) is 5. The van der Waals surface area contributed by atoms with E-state index < -0.39 is 11.9 Å². The number of alkyl halides is 3. The number of likely N-dealkylation sites (tertiary alicyclic amines) is 1. The molecule has 0 aromatic carbocycles. The lowest BCUT2D eigenvalue weighted by Crippen LogP contribution is -2.48. The smallest absolute Gasteiger partial charge is 0.350 e. The lowest BCUT2D eigenvalue weighted by atomic mass is 10.0. The Balaban J connectivity index is 1.47. The molecular weight excluding hydrogens is 385 g/mol. The van der Waals surface area contributed by atoms with E-state index in [1.54, 1.807) is 22.7 Å². The molecule has 156 valence electrons. The molecule has 1 saturated heterocycles. The maximum absolute atomic E-state index is 13.1. The van der Waals surface area contributed by atoms with Crippen molar-refractivity contribution in [3.05, 3.63) is 35.5 Å². The van der Waals surface area contributed by atoms with Gasteiger partial charge in [-0.05, 0) is 38.7 Å². The minimum atomic E-state index is -4.50. The van der Waals surface area contributed by atoms with Crippen LogP contribution >= 0.6 is 0 Å². The number of piperidine rings is 1. The molecule has 7 nitrogen and oxygen atoms in total. The zero-order chi connectivity index (χ0) is 20.8. The molecule has 10 heteroatoms. The van der Waals surface area contributed by atoms with Crippen LogP contribution in [0.25, 0.3) is 0 Å². The number of aromatic nitrogens is 4. The van der Waals surface area contributed by atoms with E-state index in [9.17, 15) is 18.0 Å². The molecule has 1 aliphatic heterocycles. The summed E-state index contributed by atoms with van der Waals surface area (Å²) in [6.07, 6.45) is -0.270. The highest BCUT2D eigenvalue weighted by Gasteiger charge is 2.39. The summed E-state index contributed by atoms with van der Waals surface area (Å²) in [5, 5.41) is 4.25. The van der Waals surface area contributed by atoms with Crippen molar-refractivity contribution in [2.24, 2.45) is 7.05 Å². The molecule has 1 aliphatic carbocycles. The minimum Gasteiger partial charge on any atom is -0.350 e. The monoisotopic (exact) mass is 408 g/mol. The Hall–Kier alpha value is -2.65. The number of aryl methyl sites for hydroxylation is 2. The van der Waals surface area contributed by atoms with Gasteiger partial charge in [0.1, 0.15) is 17.8 Å². The second kappa shape index (κ2) is 7.31. The van der Waals surface area contributed by atoms with Crippen molar-refractivity contribution in [1.29, 1.82) is 0 Å². The largest absolute Gasteiger partial charge is 0.433 e. The van der Waals surface area contributed by atoms with E-state index in [2.05, 4.69) is 15.1 Å². The predicted octanol–water partition coefficient (Wildman–Crippen LogP) is 2.81. The molecule has 2 fully saturated rings. The zero-order valence-corrected chi connectivity index (χ0v) is 16.4. The molecule has 29 heavy (non-hydrogen) atoms. The summed E-state index contributed by atoms with van der Waals surface area (Å²) in [6, 6.07) is 3.06. The van der Waals surface area contributed by atoms with Crippen LogP contribution in [-0.4, -0.2) is 55.7 Å². The first-order valence-electron chi connectivity index (χ1n) is 9.71. The van der Waals surface area contributed by atoms with Gasteiger partial charge in [-0.2, -0.15) is 18.3 Å². The van der Waals surface area contributed by atoms with Crippen molar-refractivity contribution < 1.29 is 18.0 Å². The molecule has 3 heterocycles. The fourth-order valence-electron chi connectivity index (χ4n) is 3.84. The zero-order valence-electron chi connectivity index (χ0n) is 16.4. The highest BCUT2D eigenvalue weighted by atomic mass is 19.4. The Kier molecular flexibility index (Phi) is 4.95. The van der Waals surface area contributed by atoms with Gasteiger partial charge in [0, 0.05) is 44.0 Å². The van der Waals surface area contributed by atoms with Crippen molar-refractivity contribution in [3.63, 3.8) is 0 Å². The van der Waals surface area contributed by atoms with Gasteiger partial charge in [-0.3, -0.25) is 9.48 Å². The lowest BCUT2D eigenvalue weighted by Gasteiger charge is -2.39. The van der Waals surface area contributed by atoms with Crippen LogP contribution in [0.2, 0.25) is 0 Å². The number of amides is 1. The molecule has 0 atom stereocenters. The molecule has 0 unspecified atom stereocenters. The van der Waals surface area contributed by atoms with Crippen molar-refractivity contribution >= 4 is 11.7 Å². The van der Waals surface area contributed by atoms with Gasteiger partial charge >= 0.3 is 6.18 Å². The van der Waals surface area contributed by atoms with Crippen molar-refractivity contribution in [2.75, 3.05) is 18.0 Å². The normalized spacial score (nSPS) is 18.2. The third kappa shape index (κ3) is 4.06. The molecule has 0 bridgehead atoms. The Labute approximate surface area is 166 Å². The molecule has 1 amide bonds. The first-order chi connectivity index (χ1) is 13.7. The summed E-state index contributed by atoms with van der Waals surface area (Å²) in [7, 11) is 1.79. The second-order valence-electron chi connectivity index (χ2n) is 7.72. The number of carbonyl (C=O) groups excluding carboxylic acids is 1. The van der Waals surface area contributed by atoms with E-state index in [0.717, 1.165) is 30.9 Å². The van der Waals surface area contributed by atoms with Crippen LogP contribution < -0.4 is 4.90 Å². The Morgan fingerprint density at radius 1 is 1.10 bits per heavy atom. The van der Waals surface area contributed by atoms with Crippen LogP contribution in [0, 0.1) is 6.92 Å². The number of nitrogens with zero attached hydrogens (tertiary/aromatic N) is 6. The number of halogens is 3. The van der Waals surface area contributed by atoms with E-state index in [0.29, 0.717) is 37.4 Å². The van der Waals surface area contributed by atoms with Crippen LogP contribution in [0.1, 0.15) is 47.6 Å². The van der Waals surface area contributed by atoms with Crippen LogP contribution in [0.3, 0.4) is 0 Å². The van der Waals surface area contributed by atoms with E-state index in [1.165, 1.54) is 0 Å². The van der Waals surface area contributed by atoms with E-state index >= 15 is 0 Å². The number of hydrogen-bond donors (Lipinski definition) is 0. The van der Waals surface area contributed by atoms with Gasteiger partial charge in [0.2, 0.25) is 0 Å². The van der Waals surface area contributed by atoms with E-state index in [1.807, 2.05) is 11.8 Å². The van der Waals surface area contributed by atoms with Gasteiger partial charge in [0.15, 0.2) is 5.69 Å². The van der Waals surface area contributed by atoms with E-state index in [4.69, 9.17) is 0 Å². The summed E-state index contributed by atoms with van der Waals surface area (Å²) in [6.45, 7) is 2.97. The van der Waals surface area contributed by atoms with Gasteiger partial charge in [0.05, 0.1) is 0 Å². The van der Waals surface area contributed by atoms with Crippen molar-refractivity contribution in [1.82, 2.24) is 24.6 Å². The van der Waals surface area contributed by atoms with Crippen LogP contribution in [0.4, 0.5) is 19.0 Å². The molecule has 2 aromatic rings. The quantitative estimate of drug-likeness (QED) is 0.778. The first kappa shape index (κ1) is 19.7. The standard InChI is InChI=1S/C19H23F3N6O/c1-12-9-15(25-26(12)2)18(29)27-7-5-14(6-8-27)28(13-3-4-13)17-10-16(19(20,21)22)23-11-24-17/h9-11,13-14H,3-8H2,1-2H3. The number of anilines is 1. The maximum atomic E-state index is 13.1. The summed E-state index contributed by atoms with van der Waals surface area (Å²) in [5.74, 6) is 0.214. The van der Waals surface area contributed by atoms with Gasteiger partial charge in [-0.25, -0.2) is 9.97 Å². The van der Waals surface area contributed by atoms with Crippen LogP contribution in [0.15, 0.2) is 18.5 Å². The second-order valence-corrected chi connectivity index (χ2v) is 7.72. The molecule has 0 spiro atoms. The molecule has 0 N–H and O–H groups in total. The van der Waals surface area contributed by atoms with Gasteiger partial charge in [-0.1, -0.05) is 0 Å². The predicted molar refractivity (Wildman–Crippen MR) is 99.4 cm³/mol. The Bertz CT molecular complexity index is 880. The summed E-state index contributed by atoms with van der Waals surface area (Å²) in [4.78, 5) is 24.0. The summed E-state index contributed by atoms with van der Waals surface area (Å²) < 4.78 is 40.9. The van der Waals surface area contributed by atoms with Crippen molar-refractivity contribution in [2.45, 2.75) is 50.9 Å². The average molecular weight is 408 g/mol. The Morgan fingerprint density at radius 2 is 1.76 bits per heavy atom. The maximum Gasteiger partial charge on any atom is 0.433 e. The molecule has 0 radical (unpaired) electrons. The first-order valence-corrected chi connectivity index (χ1v) is 9.71. The highest BCUT2D eigenvalue weighted by molar-refractivity contribution is 5.92. The fraction of sp³-hybridized carbons (Fsp3) is 0.579. The highest BCUT2D eigenvalue weighted by Crippen LogP contribution is 2.37. The lowest BCUT2D eigenvalue weighted by molar-refractivity contribution is -0.141. The average Bonchev–Trinajstić information content (AvgIpc) is 3.46. The van der Waals surface area contributed by atoms with Gasteiger partial charge < -0.3 is 9.80 Å². The third-order valence-electron chi connectivity index (χ3n) is 5.63. The van der Waals surface area contributed by atoms with Crippen LogP contribution in [0.5, 0.6) is 0 Å². The number of carbonyl (C=O) groups is 1. The Morgan fingerprint density at radius 3 is 2.31 bits per heavy atom. The van der Waals surface area contributed by atoms with Gasteiger partial charge in [-0.15, -0.1) is 0 Å². The van der Waals surface area contributed by atoms with Crippen LogP contribution in [-0.2, 0) is 13.2 Å². The van der Waals surface area contributed by atoms with E-state index in [-0.39, 0.29) is 18.0 Å². The molecule has 4 rings (SSSR count). The fourth-order valence-corrected chi connectivity index (χ4v) is 3.84. The molecule has 1 saturated carbocycles. The topological polar surface area (TPSA) is 67.2 Å². The molecule has 2 aromatic heterocycles. The molecule has 2 aliphatic rings. The van der Waals surface area contributed by atoms with Crippen molar-refractivity contribution in [3.8, 4) is 0 Å². The number of rotatable bonds is 4. The summed E-state index contributed by atoms with van der Waals surface area (Å²) >= 11 is 0. The SMILES string of the molecule is Cc1cc(C(=O)N2CCC(N(c3cc(C(F)(F)F)ncn3)C3CC3)CC2)nn1C. The minimum absolute atomic E-state index is 0.0491. The third-order valence-corrected chi connectivity index (χ3v) is 5.63.